The number of benzene rings is 3. The van der Waals surface area contributed by atoms with Gasteiger partial charge in [0.2, 0.25) is 6.10 Å². The standard InChI is InChI=1S/C25H22O8/c26-19-9-6-16(12-21(19)28)8-11-24(30)33-23(14-18-7-10-20(27)22(29)13-18)25(31)32-15-17-4-2-1-3-5-17/h1-13,23,26-29H,14-15H2/b11-8+. The van der Waals surface area contributed by atoms with Crippen molar-refractivity contribution in [2.45, 2.75) is 19.1 Å². The third-order valence-electron chi connectivity index (χ3n) is 4.62. The van der Waals surface area contributed by atoms with Crippen LogP contribution in [0.2, 0.25) is 0 Å². The fourth-order valence-corrected chi connectivity index (χ4v) is 2.89. The lowest BCUT2D eigenvalue weighted by Crippen LogP contribution is -2.30. The molecule has 4 N–H and O–H groups in total. The van der Waals surface area contributed by atoms with E-state index in [2.05, 4.69) is 0 Å². The van der Waals surface area contributed by atoms with Crippen LogP contribution in [0, 0.1) is 0 Å². The molecule has 0 fully saturated rings. The van der Waals surface area contributed by atoms with E-state index in [0.29, 0.717) is 11.1 Å². The molecule has 33 heavy (non-hydrogen) atoms. The summed E-state index contributed by atoms with van der Waals surface area (Å²) >= 11 is 0. The summed E-state index contributed by atoms with van der Waals surface area (Å²) in [7, 11) is 0. The van der Waals surface area contributed by atoms with Crippen LogP contribution in [0.4, 0.5) is 0 Å². The molecule has 8 nitrogen and oxygen atoms in total. The minimum absolute atomic E-state index is 0.0167. The van der Waals surface area contributed by atoms with Crippen molar-refractivity contribution in [1.29, 1.82) is 0 Å². The number of rotatable bonds is 8. The molecule has 8 heteroatoms. The Morgan fingerprint density at radius 3 is 2.12 bits per heavy atom. The molecule has 0 spiro atoms. The van der Waals surface area contributed by atoms with Gasteiger partial charge in [-0.1, -0.05) is 42.5 Å². The van der Waals surface area contributed by atoms with E-state index in [-0.39, 0.29) is 36.0 Å². The minimum Gasteiger partial charge on any atom is -0.504 e. The van der Waals surface area contributed by atoms with Gasteiger partial charge in [-0.3, -0.25) is 0 Å². The molecule has 3 rings (SSSR count). The van der Waals surface area contributed by atoms with E-state index < -0.39 is 18.0 Å². The van der Waals surface area contributed by atoms with Gasteiger partial charge >= 0.3 is 11.9 Å². The second-order valence-corrected chi connectivity index (χ2v) is 7.13. The summed E-state index contributed by atoms with van der Waals surface area (Å²) in [5.74, 6) is -2.96. The number of esters is 2. The molecule has 0 aliphatic carbocycles. The number of phenolic OH excluding ortho intramolecular Hbond substituents is 4. The zero-order valence-corrected chi connectivity index (χ0v) is 17.4. The topological polar surface area (TPSA) is 134 Å². The van der Waals surface area contributed by atoms with Gasteiger partial charge in [0.25, 0.3) is 0 Å². The lowest BCUT2D eigenvalue weighted by atomic mass is 10.1. The Bertz CT molecular complexity index is 1150. The number of carbonyl (C=O) groups is 2. The van der Waals surface area contributed by atoms with E-state index >= 15 is 0 Å². The van der Waals surface area contributed by atoms with Gasteiger partial charge in [0, 0.05) is 12.5 Å². The maximum Gasteiger partial charge on any atom is 0.348 e. The van der Waals surface area contributed by atoms with Crippen molar-refractivity contribution >= 4 is 18.0 Å². The maximum absolute atomic E-state index is 12.7. The highest BCUT2D eigenvalue weighted by Crippen LogP contribution is 2.27. The van der Waals surface area contributed by atoms with Gasteiger partial charge in [0.15, 0.2) is 23.0 Å². The second kappa shape index (κ2) is 10.7. The highest BCUT2D eigenvalue weighted by Gasteiger charge is 2.25. The second-order valence-electron chi connectivity index (χ2n) is 7.13. The van der Waals surface area contributed by atoms with Crippen LogP contribution >= 0.6 is 0 Å². The zero-order chi connectivity index (χ0) is 23.8. The number of ether oxygens (including phenoxy) is 2. The molecule has 0 amide bonds. The van der Waals surface area contributed by atoms with E-state index in [1.54, 1.807) is 24.3 Å². The van der Waals surface area contributed by atoms with Crippen LogP contribution in [0.5, 0.6) is 23.0 Å². The van der Waals surface area contributed by atoms with Crippen molar-refractivity contribution in [1.82, 2.24) is 0 Å². The van der Waals surface area contributed by atoms with Gasteiger partial charge in [-0.25, -0.2) is 9.59 Å². The average Bonchev–Trinajstić information content (AvgIpc) is 2.81. The van der Waals surface area contributed by atoms with E-state index in [1.807, 2.05) is 6.07 Å². The Kier molecular flexibility index (Phi) is 7.54. The lowest BCUT2D eigenvalue weighted by molar-refractivity contribution is -0.166. The first-order valence-corrected chi connectivity index (χ1v) is 9.94. The highest BCUT2D eigenvalue weighted by molar-refractivity contribution is 5.89. The molecule has 0 bridgehead atoms. The van der Waals surface area contributed by atoms with E-state index in [1.165, 1.54) is 42.5 Å². The van der Waals surface area contributed by atoms with Crippen LogP contribution < -0.4 is 0 Å². The van der Waals surface area contributed by atoms with E-state index in [0.717, 1.165) is 11.6 Å². The molecule has 3 aromatic rings. The molecular formula is C25H22O8. The summed E-state index contributed by atoms with van der Waals surface area (Å²) in [5.41, 5.74) is 1.62. The lowest BCUT2D eigenvalue weighted by Gasteiger charge is -2.16. The van der Waals surface area contributed by atoms with Gasteiger partial charge in [-0.05, 0) is 47.0 Å². The van der Waals surface area contributed by atoms with Gasteiger partial charge in [-0.15, -0.1) is 0 Å². The average molecular weight is 450 g/mol. The maximum atomic E-state index is 12.7. The molecule has 1 unspecified atom stereocenters. The number of hydrogen-bond donors (Lipinski definition) is 4. The Hall–Kier alpha value is -4.46. The monoisotopic (exact) mass is 450 g/mol. The molecule has 0 aliphatic heterocycles. The van der Waals surface area contributed by atoms with Crippen molar-refractivity contribution in [3.63, 3.8) is 0 Å². The van der Waals surface area contributed by atoms with Crippen LogP contribution in [-0.2, 0) is 32.1 Å². The molecule has 0 heterocycles. The highest BCUT2D eigenvalue weighted by atomic mass is 16.6. The van der Waals surface area contributed by atoms with Gasteiger partial charge in [0.1, 0.15) is 6.61 Å². The number of phenols is 4. The van der Waals surface area contributed by atoms with Crippen LogP contribution in [0.25, 0.3) is 6.08 Å². The normalized spacial score (nSPS) is 11.8. The molecule has 3 aromatic carbocycles. The summed E-state index contributed by atoms with van der Waals surface area (Å²) in [6, 6.07) is 17.0. The molecular weight excluding hydrogens is 428 g/mol. The summed E-state index contributed by atoms with van der Waals surface area (Å²) in [6.45, 7) is -0.0167. The van der Waals surface area contributed by atoms with E-state index in [9.17, 15) is 30.0 Å². The quantitative estimate of drug-likeness (QED) is 0.233. The zero-order valence-electron chi connectivity index (χ0n) is 17.4. The fraction of sp³-hybridized carbons (Fsp3) is 0.120. The van der Waals surface area contributed by atoms with Gasteiger partial charge in [-0.2, -0.15) is 0 Å². The van der Waals surface area contributed by atoms with Crippen LogP contribution in [0.1, 0.15) is 16.7 Å². The van der Waals surface area contributed by atoms with Crippen molar-refractivity contribution < 1.29 is 39.5 Å². The van der Waals surface area contributed by atoms with Crippen LogP contribution in [0.15, 0.2) is 72.8 Å². The smallest absolute Gasteiger partial charge is 0.348 e. The van der Waals surface area contributed by atoms with Crippen LogP contribution in [0.3, 0.4) is 0 Å². The first-order chi connectivity index (χ1) is 15.8. The summed E-state index contributed by atoms with van der Waals surface area (Å²) < 4.78 is 10.6. The van der Waals surface area contributed by atoms with Crippen molar-refractivity contribution in [2.75, 3.05) is 0 Å². The third-order valence-corrected chi connectivity index (χ3v) is 4.62. The van der Waals surface area contributed by atoms with Crippen LogP contribution in [-0.4, -0.2) is 38.5 Å². The largest absolute Gasteiger partial charge is 0.504 e. The first kappa shape index (κ1) is 23.2. The minimum atomic E-state index is -1.32. The summed E-state index contributed by atoms with van der Waals surface area (Å²) in [6.07, 6.45) is 1.00. The molecule has 0 radical (unpaired) electrons. The Morgan fingerprint density at radius 1 is 0.788 bits per heavy atom. The first-order valence-electron chi connectivity index (χ1n) is 9.94. The molecule has 0 aliphatic rings. The Morgan fingerprint density at radius 2 is 1.45 bits per heavy atom. The molecule has 170 valence electrons. The molecule has 0 saturated heterocycles. The molecule has 0 saturated carbocycles. The van der Waals surface area contributed by atoms with Crippen molar-refractivity contribution in [3.8, 4) is 23.0 Å². The van der Waals surface area contributed by atoms with E-state index in [4.69, 9.17) is 9.47 Å². The summed E-state index contributed by atoms with van der Waals surface area (Å²) in [4.78, 5) is 25.0. The predicted molar refractivity (Wildman–Crippen MR) is 118 cm³/mol. The number of hydrogen-bond acceptors (Lipinski definition) is 8. The fourth-order valence-electron chi connectivity index (χ4n) is 2.89. The summed E-state index contributed by atoms with van der Waals surface area (Å²) in [5, 5.41) is 38.1. The SMILES string of the molecule is O=C(/C=C/c1ccc(O)c(O)c1)OC(Cc1ccc(O)c(O)c1)C(=O)OCc1ccccc1. The number of carbonyl (C=O) groups excluding carboxylic acids is 2. The number of aromatic hydroxyl groups is 4. The Labute approximate surface area is 189 Å². The van der Waals surface area contributed by atoms with Crippen molar-refractivity contribution in [2.24, 2.45) is 0 Å². The van der Waals surface area contributed by atoms with Crippen molar-refractivity contribution in [3.05, 3.63) is 89.5 Å². The molecule has 0 aromatic heterocycles. The van der Waals surface area contributed by atoms with Gasteiger partial charge in [0.05, 0.1) is 0 Å². The third kappa shape index (κ3) is 6.76. The predicted octanol–water partition coefficient (Wildman–Crippen LogP) is 3.42. The molecule has 1 atom stereocenters. The van der Waals surface area contributed by atoms with Gasteiger partial charge < -0.3 is 29.9 Å². The Balaban J connectivity index is 1.72.